The molecule has 1 aromatic rings. The molecule has 0 radical (unpaired) electrons. The molecule has 0 bridgehead atoms. The maximum absolute atomic E-state index is 12.9. The largest absolute Gasteiger partial charge is 0.270 e. The first kappa shape index (κ1) is 12.3. The van der Waals surface area contributed by atoms with E-state index in [4.69, 9.17) is 11.6 Å². The Hall–Kier alpha value is -0.770. The SMILES string of the molecule is CC(F)(F)c1cc(CCl)cc(C(F)F)c1. The van der Waals surface area contributed by atoms with Crippen LogP contribution >= 0.6 is 11.6 Å². The number of hydrogen-bond donors (Lipinski definition) is 0. The first-order valence-corrected chi connectivity index (χ1v) is 4.74. The molecule has 1 aromatic carbocycles. The van der Waals surface area contributed by atoms with Gasteiger partial charge in [0.25, 0.3) is 12.3 Å². The highest BCUT2D eigenvalue weighted by atomic mass is 35.5. The maximum Gasteiger partial charge on any atom is 0.270 e. The molecule has 0 aliphatic heterocycles. The van der Waals surface area contributed by atoms with E-state index in [1.165, 1.54) is 0 Å². The van der Waals surface area contributed by atoms with Crippen molar-refractivity contribution in [1.82, 2.24) is 0 Å². The Kier molecular flexibility index (Phi) is 3.60. The van der Waals surface area contributed by atoms with Crippen molar-refractivity contribution in [3.05, 3.63) is 34.9 Å². The summed E-state index contributed by atoms with van der Waals surface area (Å²) >= 11 is 5.44. The molecule has 0 unspecified atom stereocenters. The van der Waals surface area contributed by atoms with Gasteiger partial charge < -0.3 is 0 Å². The third kappa shape index (κ3) is 3.09. The lowest BCUT2D eigenvalue weighted by Gasteiger charge is -2.13. The van der Waals surface area contributed by atoms with E-state index in [2.05, 4.69) is 0 Å². The van der Waals surface area contributed by atoms with Crippen molar-refractivity contribution < 1.29 is 17.6 Å². The molecule has 0 fully saturated rings. The summed E-state index contributed by atoms with van der Waals surface area (Å²) in [6.07, 6.45) is -2.77. The zero-order valence-electron chi connectivity index (χ0n) is 7.91. The fraction of sp³-hybridized carbons (Fsp3) is 0.400. The van der Waals surface area contributed by atoms with E-state index >= 15 is 0 Å². The minimum absolute atomic E-state index is 0.0658. The van der Waals surface area contributed by atoms with Gasteiger partial charge in [-0.2, -0.15) is 0 Å². The van der Waals surface area contributed by atoms with Gasteiger partial charge >= 0.3 is 0 Å². The zero-order chi connectivity index (χ0) is 11.6. The molecule has 0 aliphatic carbocycles. The highest BCUT2D eigenvalue weighted by molar-refractivity contribution is 6.17. The van der Waals surface area contributed by atoms with Gasteiger partial charge in [-0.25, -0.2) is 17.6 Å². The normalized spacial score (nSPS) is 12.2. The van der Waals surface area contributed by atoms with Crippen molar-refractivity contribution in [2.75, 3.05) is 0 Å². The van der Waals surface area contributed by atoms with Gasteiger partial charge in [-0.05, 0) is 23.8 Å². The Balaban J connectivity index is 3.23. The molecule has 0 saturated carbocycles. The number of alkyl halides is 5. The molecule has 0 aromatic heterocycles. The number of hydrogen-bond acceptors (Lipinski definition) is 0. The second-order valence-electron chi connectivity index (χ2n) is 3.29. The third-order valence-corrected chi connectivity index (χ3v) is 2.24. The van der Waals surface area contributed by atoms with Crippen LogP contribution in [0.3, 0.4) is 0 Å². The van der Waals surface area contributed by atoms with E-state index in [9.17, 15) is 17.6 Å². The standard InChI is InChI=1S/C10H9ClF4/c1-10(14,15)8-3-6(5-11)2-7(4-8)9(12)13/h2-4,9H,5H2,1H3. The lowest BCUT2D eigenvalue weighted by Crippen LogP contribution is -2.08. The topological polar surface area (TPSA) is 0 Å². The molecule has 0 atom stereocenters. The van der Waals surface area contributed by atoms with E-state index in [1.807, 2.05) is 0 Å². The second-order valence-corrected chi connectivity index (χ2v) is 3.55. The van der Waals surface area contributed by atoms with Crippen molar-refractivity contribution in [3.8, 4) is 0 Å². The first-order chi connectivity index (χ1) is 6.84. The minimum Gasteiger partial charge on any atom is -0.205 e. The van der Waals surface area contributed by atoms with Crippen LogP contribution in [0.1, 0.15) is 30.0 Å². The van der Waals surface area contributed by atoms with Gasteiger partial charge in [-0.1, -0.05) is 0 Å². The van der Waals surface area contributed by atoms with Crippen molar-refractivity contribution in [2.24, 2.45) is 0 Å². The van der Waals surface area contributed by atoms with Gasteiger partial charge in [0.2, 0.25) is 0 Å². The van der Waals surface area contributed by atoms with Gasteiger partial charge in [0.15, 0.2) is 0 Å². The van der Waals surface area contributed by atoms with Crippen LogP contribution in [0.15, 0.2) is 18.2 Å². The van der Waals surface area contributed by atoms with Crippen molar-refractivity contribution >= 4 is 11.6 Å². The van der Waals surface area contributed by atoms with Gasteiger partial charge in [0.1, 0.15) is 0 Å². The molecule has 0 aliphatic rings. The van der Waals surface area contributed by atoms with E-state index in [0.29, 0.717) is 6.92 Å². The van der Waals surface area contributed by atoms with Crippen LogP contribution < -0.4 is 0 Å². The molecule has 0 N–H and O–H groups in total. The fourth-order valence-corrected chi connectivity index (χ4v) is 1.33. The molecule has 5 heteroatoms. The highest BCUT2D eigenvalue weighted by Crippen LogP contribution is 2.31. The Morgan fingerprint density at radius 1 is 1.27 bits per heavy atom. The quantitative estimate of drug-likeness (QED) is 0.540. The smallest absolute Gasteiger partial charge is 0.205 e. The van der Waals surface area contributed by atoms with E-state index in [1.54, 1.807) is 0 Å². The maximum atomic E-state index is 12.9. The summed E-state index contributed by atoms with van der Waals surface area (Å²) in [5.41, 5.74) is -0.591. The van der Waals surface area contributed by atoms with Crippen LogP contribution in [0.5, 0.6) is 0 Å². The van der Waals surface area contributed by atoms with Crippen molar-refractivity contribution in [2.45, 2.75) is 25.2 Å². The predicted molar refractivity (Wildman–Crippen MR) is 50.5 cm³/mol. The summed E-state index contributed by atoms with van der Waals surface area (Å²) < 4.78 is 50.6. The summed E-state index contributed by atoms with van der Waals surface area (Å²) in [5, 5.41) is 0. The fourth-order valence-electron chi connectivity index (χ4n) is 1.17. The summed E-state index contributed by atoms with van der Waals surface area (Å²) in [7, 11) is 0. The Morgan fingerprint density at radius 2 is 1.87 bits per heavy atom. The van der Waals surface area contributed by atoms with Crippen LogP contribution in [-0.4, -0.2) is 0 Å². The van der Waals surface area contributed by atoms with Crippen LogP contribution in [0.25, 0.3) is 0 Å². The zero-order valence-corrected chi connectivity index (χ0v) is 8.66. The highest BCUT2D eigenvalue weighted by Gasteiger charge is 2.26. The van der Waals surface area contributed by atoms with Crippen molar-refractivity contribution in [1.29, 1.82) is 0 Å². The molecule has 0 spiro atoms. The van der Waals surface area contributed by atoms with E-state index in [0.717, 1.165) is 18.2 Å². The lowest BCUT2D eigenvalue weighted by molar-refractivity contribution is 0.0170. The van der Waals surface area contributed by atoms with Crippen LogP contribution in [0.4, 0.5) is 17.6 Å². The van der Waals surface area contributed by atoms with Gasteiger partial charge in [-0.15, -0.1) is 11.6 Å². The molecule has 0 heterocycles. The molecular formula is C10H9ClF4. The number of rotatable bonds is 3. The predicted octanol–water partition coefficient (Wildman–Crippen LogP) is 4.47. The third-order valence-electron chi connectivity index (χ3n) is 1.93. The molecule has 84 valence electrons. The molecular weight excluding hydrogens is 232 g/mol. The van der Waals surface area contributed by atoms with E-state index in [-0.39, 0.29) is 11.4 Å². The average Bonchev–Trinajstić information content (AvgIpc) is 2.15. The second kappa shape index (κ2) is 4.39. The Bertz CT molecular complexity index is 344. The summed E-state index contributed by atoms with van der Waals surface area (Å²) in [4.78, 5) is 0. The van der Waals surface area contributed by atoms with Gasteiger partial charge in [0.05, 0.1) is 0 Å². The Morgan fingerprint density at radius 3 is 2.27 bits per heavy atom. The van der Waals surface area contributed by atoms with Crippen LogP contribution in [-0.2, 0) is 11.8 Å². The monoisotopic (exact) mass is 240 g/mol. The number of halogens is 5. The Labute approximate surface area is 89.9 Å². The molecule has 15 heavy (non-hydrogen) atoms. The summed E-state index contributed by atoms with van der Waals surface area (Å²) in [5.74, 6) is -3.20. The van der Waals surface area contributed by atoms with Crippen LogP contribution in [0.2, 0.25) is 0 Å². The summed E-state index contributed by atoms with van der Waals surface area (Å²) in [6.45, 7) is 0.662. The van der Waals surface area contributed by atoms with E-state index < -0.39 is 23.5 Å². The molecule has 0 nitrogen and oxygen atoms in total. The minimum atomic E-state index is -3.13. The van der Waals surface area contributed by atoms with Crippen LogP contribution in [0, 0.1) is 0 Å². The number of benzene rings is 1. The summed E-state index contributed by atoms with van der Waals surface area (Å²) in [6, 6.07) is 3.08. The molecule has 1 rings (SSSR count). The first-order valence-electron chi connectivity index (χ1n) is 4.21. The van der Waals surface area contributed by atoms with Gasteiger partial charge in [-0.3, -0.25) is 0 Å². The average molecular weight is 241 g/mol. The van der Waals surface area contributed by atoms with Crippen molar-refractivity contribution in [3.63, 3.8) is 0 Å². The molecule has 0 saturated heterocycles. The molecule has 0 amide bonds. The lowest BCUT2D eigenvalue weighted by atomic mass is 10.0. The van der Waals surface area contributed by atoms with Gasteiger partial charge in [0, 0.05) is 23.9 Å².